The van der Waals surface area contributed by atoms with Gasteiger partial charge in [0, 0.05) is 24.4 Å². The van der Waals surface area contributed by atoms with Crippen LogP contribution in [-0.2, 0) is 16.4 Å². The van der Waals surface area contributed by atoms with Gasteiger partial charge in [-0.05, 0) is 58.0 Å². The molecule has 1 aliphatic carbocycles. The predicted molar refractivity (Wildman–Crippen MR) is 181 cm³/mol. The van der Waals surface area contributed by atoms with Crippen LogP contribution in [0.3, 0.4) is 0 Å². The van der Waals surface area contributed by atoms with Gasteiger partial charge in [0.15, 0.2) is 0 Å². The Morgan fingerprint density at radius 1 is 0.784 bits per heavy atom. The zero-order valence-electron chi connectivity index (χ0n) is 28.0. The van der Waals surface area contributed by atoms with Gasteiger partial charge in [-0.25, -0.2) is 5.21 Å². The van der Waals surface area contributed by atoms with Gasteiger partial charge in [0.1, 0.15) is 25.0 Å². The summed E-state index contributed by atoms with van der Waals surface area (Å²) < 4.78 is 76.2. The van der Waals surface area contributed by atoms with E-state index in [1.807, 2.05) is 55.5 Å². The van der Waals surface area contributed by atoms with Crippen molar-refractivity contribution in [2.75, 3.05) is 19.6 Å². The fourth-order valence-electron chi connectivity index (χ4n) is 6.86. The Kier molecular flexibility index (Phi) is 11.6. The Bertz CT molecular complexity index is 1770. The highest BCUT2D eigenvalue weighted by atomic mass is 19.4. The molecule has 51 heavy (non-hydrogen) atoms. The van der Waals surface area contributed by atoms with Crippen molar-refractivity contribution in [2.45, 2.75) is 62.8 Å². The van der Waals surface area contributed by atoms with E-state index in [-0.39, 0.29) is 11.9 Å². The molecule has 1 saturated heterocycles. The molecule has 0 atom stereocenters. The lowest BCUT2D eigenvalue weighted by atomic mass is 9.73. The van der Waals surface area contributed by atoms with Crippen LogP contribution in [0.25, 0.3) is 22.3 Å². The Hall–Kier alpha value is -4.68. The number of hydrogen-bond donors (Lipinski definition) is 4. The van der Waals surface area contributed by atoms with Crippen molar-refractivity contribution in [1.29, 1.82) is 0 Å². The Labute approximate surface area is 292 Å². The van der Waals surface area contributed by atoms with E-state index in [1.165, 1.54) is 12.1 Å². The van der Waals surface area contributed by atoms with Gasteiger partial charge in [0.25, 0.3) is 5.91 Å². The predicted octanol–water partition coefficient (Wildman–Crippen LogP) is 7.36. The van der Waals surface area contributed by atoms with Crippen LogP contribution in [-0.4, -0.2) is 48.9 Å². The van der Waals surface area contributed by atoms with E-state index < -0.39 is 35.8 Å². The molecule has 4 N–H and O–H groups in total. The van der Waals surface area contributed by atoms with Crippen molar-refractivity contribution >= 4 is 11.8 Å². The van der Waals surface area contributed by atoms with E-state index >= 15 is 0 Å². The standard InChI is InChI=1S/C20H20F3NO.C19H19F3N2O2/c1-2-3-12-19(18(25)24-13-20(21,22)23)16-10-6-4-8-14(16)15-9-5-7-11-17(15)19;20-19(21,22)14-7-5-13(6-8-14)16-3-1-2-4-17(16)18(25)23-15-9-11-24(26)12-10-15/h4-11H,2-3,12-13H2,1H3,(H,24,25);1-8,15,26H,9-12H2,(H,23,25)/p+1. The van der Waals surface area contributed by atoms with Crippen molar-refractivity contribution in [1.82, 2.24) is 10.6 Å². The van der Waals surface area contributed by atoms with Crippen molar-refractivity contribution < 1.29 is 46.2 Å². The van der Waals surface area contributed by atoms with Crippen LogP contribution in [0.5, 0.6) is 0 Å². The fourth-order valence-corrected chi connectivity index (χ4v) is 6.86. The highest BCUT2D eigenvalue weighted by molar-refractivity contribution is 6.01. The van der Waals surface area contributed by atoms with Crippen LogP contribution in [0.4, 0.5) is 26.3 Å². The normalized spacial score (nSPS) is 17.7. The molecule has 0 saturated carbocycles. The first-order valence-electron chi connectivity index (χ1n) is 16.9. The van der Waals surface area contributed by atoms with E-state index in [0.717, 1.165) is 47.2 Å². The topological polar surface area (TPSA) is 82.9 Å². The average molecular weight is 713 g/mol. The fraction of sp³-hybridized carbons (Fsp3) is 0.333. The van der Waals surface area contributed by atoms with Crippen LogP contribution < -0.4 is 15.7 Å². The summed E-state index contributed by atoms with van der Waals surface area (Å²) in [5.74, 6) is -0.831. The second-order valence-corrected chi connectivity index (χ2v) is 12.8. The number of piperidine rings is 1. The number of alkyl halides is 6. The summed E-state index contributed by atoms with van der Waals surface area (Å²) in [5.41, 5.74) is 3.23. The van der Waals surface area contributed by atoms with Gasteiger partial charge < -0.3 is 10.6 Å². The molecule has 1 aliphatic heterocycles. The molecule has 0 unspecified atom stereocenters. The van der Waals surface area contributed by atoms with Crippen molar-refractivity contribution in [3.8, 4) is 22.3 Å². The monoisotopic (exact) mass is 712 g/mol. The van der Waals surface area contributed by atoms with Gasteiger partial charge in [-0.15, -0.1) is 0 Å². The van der Waals surface area contributed by atoms with E-state index in [2.05, 4.69) is 10.6 Å². The molecule has 2 amide bonds. The number of halogens is 6. The smallest absolute Gasteiger partial charge is 0.349 e. The maximum atomic E-state index is 13.0. The zero-order valence-corrected chi connectivity index (χ0v) is 28.0. The molecule has 6 nitrogen and oxygen atoms in total. The van der Waals surface area contributed by atoms with Crippen LogP contribution in [0.1, 0.15) is 66.1 Å². The molecule has 0 spiro atoms. The van der Waals surface area contributed by atoms with Gasteiger partial charge in [0.2, 0.25) is 5.91 Å². The first-order valence-corrected chi connectivity index (χ1v) is 16.9. The summed E-state index contributed by atoms with van der Waals surface area (Å²) in [6.07, 6.45) is -5.36. The van der Waals surface area contributed by atoms with Crippen molar-refractivity contribution in [3.63, 3.8) is 0 Å². The molecule has 0 radical (unpaired) electrons. The number of hydroxylamine groups is 2. The summed E-state index contributed by atoms with van der Waals surface area (Å²) >= 11 is 0. The number of quaternary nitrogens is 1. The first-order chi connectivity index (χ1) is 24.2. The number of unbranched alkanes of at least 4 members (excludes halogenated alkanes) is 1. The van der Waals surface area contributed by atoms with Gasteiger partial charge in [-0.2, -0.15) is 31.4 Å². The molecule has 1 fully saturated rings. The van der Waals surface area contributed by atoms with Crippen LogP contribution >= 0.6 is 0 Å². The van der Waals surface area contributed by atoms with E-state index in [9.17, 15) is 41.1 Å². The van der Waals surface area contributed by atoms with Crippen molar-refractivity contribution in [2.24, 2.45) is 0 Å². The van der Waals surface area contributed by atoms with Crippen molar-refractivity contribution in [3.05, 3.63) is 119 Å². The molecule has 2 aliphatic rings. The minimum Gasteiger partial charge on any atom is -0.349 e. The highest BCUT2D eigenvalue weighted by Crippen LogP contribution is 2.51. The molecule has 270 valence electrons. The lowest BCUT2D eigenvalue weighted by Crippen LogP contribution is -3.11. The number of amides is 2. The number of fused-ring (bicyclic) bond motifs is 3. The number of benzene rings is 4. The SMILES string of the molecule is CCCCC1(C(=O)NCC(F)(F)F)c2ccccc2-c2ccccc21.O=C(NC1CC[NH+](O)CC1)c1ccccc1-c1ccc(C(F)(F)F)cc1. The molecule has 4 aromatic rings. The minimum atomic E-state index is -4.43. The molecular weight excluding hydrogens is 672 g/mol. The Morgan fingerprint density at radius 2 is 1.31 bits per heavy atom. The molecule has 12 heteroatoms. The summed E-state index contributed by atoms with van der Waals surface area (Å²) in [5, 5.41) is 15.0. The quantitative estimate of drug-likeness (QED) is 0.144. The maximum absolute atomic E-state index is 13.0. The Balaban J connectivity index is 0.000000198. The largest absolute Gasteiger partial charge is 0.416 e. The van der Waals surface area contributed by atoms with Gasteiger partial charge in [-0.3, -0.25) is 9.59 Å². The maximum Gasteiger partial charge on any atom is 0.416 e. The Morgan fingerprint density at radius 3 is 1.84 bits per heavy atom. The summed E-state index contributed by atoms with van der Waals surface area (Å²) in [4.78, 5) is 25.7. The van der Waals surface area contributed by atoms with Gasteiger partial charge in [0.05, 0.1) is 5.56 Å². The first kappa shape index (κ1) is 37.6. The minimum absolute atomic E-state index is 0.0148. The summed E-state index contributed by atoms with van der Waals surface area (Å²) in [6.45, 7) is 1.84. The van der Waals surface area contributed by atoms with Gasteiger partial charge in [-0.1, -0.05) is 98.6 Å². The van der Waals surface area contributed by atoms with Crippen LogP contribution in [0, 0.1) is 0 Å². The number of hydrogen-bond acceptors (Lipinski definition) is 3. The average Bonchev–Trinajstić information content (AvgIpc) is 3.41. The second-order valence-electron chi connectivity index (χ2n) is 12.8. The highest BCUT2D eigenvalue weighted by Gasteiger charge is 2.49. The molecule has 0 aromatic heterocycles. The third-order valence-electron chi connectivity index (χ3n) is 9.40. The lowest BCUT2D eigenvalue weighted by molar-refractivity contribution is -1.09. The van der Waals surface area contributed by atoms with E-state index in [0.29, 0.717) is 54.1 Å². The molecule has 1 heterocycles. The van der Waals surface area contributed by atoms with E-state index in [1.54, 1.807) is 24.3 Å². The van der Waals surface area contributed by atoms with Crippen LogP contribution in [0.2, 0.25) is 0 Å². The lowest BCUT2D eigenvalue weighted by Gasteiger charge is -2.31. The second kappa shape index (κ2) is 15.7. The summed E-state index contributed by atoms with van der Waals surface area (Å²) in [6, 6.07) is 26.7. The van der Waals surface area contributed by atoms with E-state index in [4.69, 9.17) is 0 Å². The summed E-state index contributed by atoms with van der Waals surface area (Å²) in [7, 11) is 0. The third kappa shape index (κ3) is 8.62. The van der Waals surface area contributed by atoms with Gasteiger partial charge >= 0.3 is 12.4 Å². The zero-order chi connectivity index (χ0) is 36.8. The number of carbonyl (C=O) groups excluding carboxylic acids is 2. The number of carbonyl (C=O) groups is 2. The molecule has 0 bridgehead atoms. The number of rotatable bonds is 8. The molecular formula is C39H40F6N3O3+. The van der Waals surface area contributed by atoms with Crippen LogP contribution in [0.15, 0.2) is 97.1 Å². The molecule has 4 aromatic carbocycles. The number of nitrogens with one attached hydrogen (secondary N) is 3. The third-order valence-corrected chi connectivity index (χ3v) is 9.40. The molecule has 6 rings (SSSR count).